The zero-order valence-electron chi connectivity index (χ0n) is 30.7. The number of allylic oxidation sites excluding steroid dienone is 2. The van der Waals surface area contributed by atoms with Crippen molar-refractivity contribution in [2.75, 3.05) is 13.2 Å². The number of hydrogen-bond acceptors (Lipinski definition) is 7. The molecule has 9 heteroatoms. The third-order valence-electron chi connectivity index (χ3n) is 8.71. The molecular formula is C39H74N2O7. The Morgan fingerprint density at radius 1 is 0.521 bits per heavy atom. The molecule has 0 aliphatic heterocycles. The van der Waals surface area contributed by atoms with Crippen LogP contribution in [-0.4, -0.2) is 82.1 Å². The lowest BCUT2D eigenvalue weighted by Crippen LogP contribution is -2.44. The first-order chi connectivity index (χ1) is 23.5. The molecule has 9 nitrogen and oxygen atoms in total. The summed E-state index contributed by atoms with van der Waals surface area (Å²) in [6.45, 7) is 3.78. The predicted octanol–water partition coefficient (Wildman–Crippen LogP) is 7.29. The van der Waals surface area contributed by atoms with Gasteiger partial charge in [0.25, 0.3) is 0 Å². The first-order valence-electron chi connectivity index (χ1n) is 19.3. The van der Waals surface area contributed by atoms with Crippen molar-refractivity contribution in [2.45, 2.75) is 192 Å². The number of amides is 3. The molecule has 0 unspecified atom stereocenters. The highest BCUT2D eigenvalue weighted by Crippen LogP contribution is 2.14. The molecular weight excluding hydrogens is 608 g/mol. The van der Waals surface area contributed by atoms with Crippen molar-refractivity contribution in [1.29, 1.82) is 0 Å². The van der Waals surface area contributed by atoms with Gasteiger partial charge in [-0.05, 0) is 25.7 Å². The molecule has 0 heterocycles. The maximum absolute atomic E-state index is 10.7. The molecule has 5 N–H and O–H groups in total. The van der Waals surface area contributed by atoms with E-state index in [0.29, 0.717) is 19.2 Å². The van der Waals surface area contributed by atoms with Crippen LogP contribution in [0.2, 0.25) is 0 Å². The standard InChI is InChI=1S/C20H37NO4.C19H37NO3/c1-2-3-4-5-6-7-8-9-10-11-12-13-14-15-20(25)19(16-22)21(17-23)18-24;1-2-3-4-5-6-7-8-9-10-11-12-13-14-15-19(23)18(16-21)20-17-22/h14-15,17-20,22,25H,2-13,16H2,1H3;14-15,17-19,21,23H,2-13,16H2,1H3,(H,20,22)/t19-,20+;18-,19+/m00/s1. The van der Waals surface area contributed by atoms with Crippen molar-refractivity contribution in [3.8, 4) is 0 Å². The molecule has 0 rings (SSSR count). The van der Waals surface area contributed by atoms with Gasteiger partial charge in [0, 0.05) is 0 Å². The van der Waals surface area contributed by atoms with Crippen LogP contribution in [0.15, 0.2) is 24.3 Å². The molecule has 48 heavy (non-hydrogen) atoms. The minimum atomic E-state index is -1.03. The maximum Gasteiger partial charge on any atom is 0.216 e. The summed E-state index contributed by atoms with van der Waals surface area (Å²) in [5, 5.41) is 40.3. The van der Waals surface area contributed by atoms with Crippen LogP contribution >= 0.6 is 0 Å². The average molecular weight is 683 g/mol. The van der Waals surface area contributed by atoms with Gasteiger partial charge in [0.15, 0.2) is 0 Å². The zero-order chi connectivity index (χ0) is 35.9. The van der Waals surface area contributed by atoms with E-state index in [-0.39, 0.29) is 6.61 Å². The minimum absolute atomic E-state index is 0.261. The highest BCUT2D eigenvalue weighted by Gasteiger charge is 2.22. The van der Waals surface area contributed by atoms with E-state index in [4.69, 9.17) is 5.11 Å². The number of carbonyl (C=O) groups excluding carboxylic acids is 3. The van der Waals surface area contributed by atoms with Crippen molar-refractivity contribution >= 4 is 19.2 Å². The SMILES string of the molecule is CCCCCCCCCCCCCC=C[C@@H](O)[C@H](CO)N(C=O)C=O.CCCCCCCCCCCCCC=C[C@@H](O)[C@H](CO)NC=O. The van der Waals surface area contributed by atoms with Gasteiger partial charge in [-0.2, -0.15) is 0 Å². The number of unbranched alkanes of at least 4 members (excludes halogenated alkanes) is 22. The fourth-order valence-corrected chi connectivity index (χ4v) is 5.49. The van der Waals surface area contributed by atoms with Gasteiger partial charge in [0.05, 0.1) is 37.5 Å². The second-order valence-corrected chi connectivity index (χ2v) is 13.0. The van der Waals surface area contributed by atoms with E-state index in [1.807, 2.05) is 12.2 Å². The summed E-state index contributed by atoms with van der Waals surface area (Å²) in [7, 11) is 0. The second kappa shape index (κ2) is 39.4. The lowest BCUT2D eigenvalue weighted by molar-refractivity contribution is -0.135. The number of hydrogen-bond donors (Lipinski definition) is 5. The third-order valence-corrected chi connectivity index (χ3v) is 8.71. The van der Waals surface area contributed by atoms with Crippen LogP contribution in [0.25, 0.3) is 0 Å². The number of nitrogens with zero attached hydrogens (tertiary/aromatic N) is 1. The topological polar surface area (TPSA) is 147 Å². The molecule has 0 bridgehead atoms. The van der Waals surface area contributed by atoms with Gasteiger partial charge in [-0.25, -0.2) is 0 Å². The first kappa shape index (κ1) is 48.0. The minimum Gasteiger partial charge on any atom is -0.394 e. The molecule has 0 aliphatic rings. The number of carbonyl (C=O) groups is 3. The molecule has 0 aliphatic carbocycles. The zero-order valence-corrected chi connectivity index (χ0v) is 30.7. The van der Waals surface area contributed by atoms with Crippen molar-refractivity contribution in [1.82, 2.24) is 10.2 Å². The molecule has 3 amide bonds. The maximum atomic E-state index is 10.7. The van der Waals surface area contributed by atoms with Gasteiger partial charge in [-0.3, -0.25) is 19.3 Å². The summed E-state index contributed by atoms with van der Waals surface area (Å²) in [6, 6.07) is -1.52. The predicted molar refractivity (Wildman–Crippen MR) is 197 cm³/mol. The van der Waals surface area contributed by atoms with Crippen LogP contribution < -0.4 is 5.32 Å². The first-order valence-corrected chi connectivity index (χ1v) is 19.3. The van der Waals surface area contributed by atoms with Crippen molar-refractivity contribution < 1.29 is 34.8 Å². The Hall–Kier alpha value is -2.07. The molecule has 0 aromatic heterocycles. The highest BCUT2D eigenvalue weighted by atomic mass is 16.3. The van der Waals surface area contributed by atoms with Gasteiger partial charge in [-0.15, -0.1) is 0 Å². The van der Waals surface area contributed by atoms with E-state index < -0.39 is 30.9 Å². The second-order valence-electron chi connectivity index (χ2n) is 13.0. The summed E-state index contributed by atoms with van der Waals surface area (Å²) in [5.74, 6) is 0. The Bertz CT molecular complexity index is 742. The summed E-state index contributed by atoms with van der Waals surface area (Å²) < 4.78 is 0. The van der Waals surface area contributed by atoms with E-state index in [0.717, 1.165) is 30.6 Å². The van der Waals surface area contributed by atoms with Gasteiger partial charge >= 0.3 is 0 Å². The number of rotatable bonds is 35. The number of nitrogens with one attached hydrogen (secondary N) is 1. The fourth-order valence-electron chi connectivity index (χ4n) is 5.49. The molecule has 0 radical (unpaired) electrons. The van der Waals surface area contributed by atoms with Crippen LogP contribution in [0.1, 0.15) is 168 Å². The Kier molecular flexibility index (Phi) is 39.4. The lowest BCUT2D eigenvalue weighted by atomic mass is 10.0. The normalized spacial score (nSPS) is 13.9. The Balaban J connectivity index is 0. The third kappa shape index (κ3) is 31.2. The molecule has 0 saturated carbocycles. The van der Waals surface area contributed by atoms with Gasteiger partial charge in [-0.1, -0.05) is 167 Å². The van der Waals surface area contributed by atoms with Crippen LogP contribution in [0.3, 0.4) is 0 Å². The molecule has 282 valence electrons. The van der Waals surface area contributed by atoms with E-state index in [1.54, 1.807) is 12.2 Å². The summed E-state index contributed by atoms with van der Waals surface area (Å²) in [4.78, 5) is 32.4. The van der Waals surface area contributed by atoms with Gasteiger partial charge in [0.2, 0.25) is 19.2 Å². The largest absolute Gasteiger partial charge is 0.394 e. The number of aliphatic hydroxyl groups is 4. The molecule has 0 aromatic carbocycles. The number of imide groups is 1. The summed E-state index contributed by atoms with van der Waals surface area (Å²) in [5.41, 5.74) is 0. The Morgan fingerprint density at radius 2 is 0.875 bits per heavy atom. The quantitative estimate of drug-likeness (QED) is 0.0268. The summed E-state index contributed by atoms with van der Waals surface area (Å²) >= 11 is 0. The Labute approximate surface area is 293 Å². The monoisotopic (exact) mass is 683 g/mol. The van der Waals surface area contributed by atoms with Crippen LogP contribution in [-0.2, 0) is 14.4 Å². The number of aliphatic hydroxyl groups excluding tert-OH is 4. The van der Waals surface area contributed by atoms with Crippen molar-refractivity contribution in [3.63, 3.8) is 0 Å². The lowest BCUT2D eigenvalue weighted by Gasteiger charge is -2.23. The average Bonchev–Trinajstić information content (AvgIpc) is 3.10. The highest BCUT2D eigenvalue weighted by molar-refractivity contribution is 5.69. The van der Waals surface area contributed by atoms with E-state index in [1.165, 1.54) is 128 Å². The molecule has 0 saturated heterocycles. The molecule has 0 aromatic rings. The van der Waals surface area contributed by atoms with E-state index in [2.05, 4.69) is 19.2 Å². The van der Waals surface area contributed by atoms with E-state index in [9.17, 15) is 29.7 Å². The van der Waals surface area contributed by atoms with Crippen molar-refractivity contribution in [3.05, 3.63) is 24.3 Å². The molecule has 0 fully saturated rings. The Morgan fingerprint density at radius 3 is 1.19 bits per heavy atom. The van der Waals surface area contributed by atoms with Crippen LogP contribution in [0.5, 0.6) is 0 Å². The van der Waals surface area contributed by atoms with Crippen molar-refractivity contribution in [2.24, 2.45) is 0 Å². The van der Waals surface area contributed by atoms with Crippen LogP contribution in [0.4, 0.5) is 0 Å². The smallest absolute Gasteiger partial charge is 0.216 e. The fraction of sp³-hybridized carbons (Fsp3) is 0.821. The molecule has 4 atom stereocenters. The van der Waals surface area contributed by atoms with E-state index >= 15 is 0 Å². The van der Waals surface area contributed by atoms with Crippen LogP contribution in [0, 0.1) is 0 Å². The summed E-state index contributed by atoms with van der Waals surface area (Å²) in [6.07, 6.45) is 36.9. The molecule has 0 spiro atoms. The van der Waals surface area contributed by atoms with Gasteiger partial charge in [0.1, 0.15) is 0 Å². The van der Waals surface area contributed by atoms with Gasteiger partial charge < -0.3 is 25.7 Å².